The average molecular weight is 337 g/mol. The van der Waals surface area contributed by atoms with E-state index < -0.39 is 5.69 Å². The fraction of sp³-hybridized carbons (Fsp3) is 0.188. The topological polar surface area (TPSA) is 92.5 Å². The third-order valence-corrected chi connectivity index (χ3v) is 4.08. The molecule has 4 aromatic rings. The van der Waals surface area contributed by atoms with E-state index in [9.17, 15) is 9.59 Å². The highest BCUT2D eigenvalue weighted by Crippen LogP contribution is 2.09. The van der Waals surface area contributed by atoms with Crippen molar-refractivity contribution < 1.29 is 0 Å². The largest absolute Gasteiger partial charge is 0.332 e. The summed E-state index contributed by atoms with van der Waals surface area (Å²) in [6.07, 6.45) is 3.18. The molecule has 0 bridgehead atoms. The summed E-state index contributed by atoms with van der Waals surface area (Å²) in [5.74, 6) is 0. The van der Waals surface area contributed by atoms with Crippen LogP contribution in [0.4, 0.5) is 0 Å². The van der Waals surface area contributed by atoms with Crippen molar-refractivity contribution in [3.63, 3.8) is 0 Å². The van der Waals surface area contributed by atoms with Gasteiger partial charge in [0.2, 0.25) is 0 Å². The van der Waals surface area contributed by atoms with Crippen LogP contribution >= 0.6 is 0 Å². The lowest BCUT2D eigenvalue weighted by atomic mass is 10.3. The highest BCUT2D eigenvalue weighted by Gasteiger charge is 2.15. The van der Waals surface area contributed by atoms with E-state index in [1.807, 2.05) is 30.3 Å². The SMILES string of the molecule is Cn1c(=O)c2c(ncn2Cc2cnn(-c3ccccc3)n2)n(C)c1=O. The molecule has 4 rings (SSSR count). The van der Waals surface area contributed by atoms with E-state index in [1.165, 1.54) is 22.7 Å². The van der Waals surface area contributed by atoms with Crippen molar-refractivity contribution in [1.82, 2.24) is 33.7 Å². The predicted octanol–water partition coefficient (Wildman–Crippen LogP) is 0.0627. The number of imidazole rings is 1. The Morgan fingerprint density at radius 3 is 2.56 bits per heavy atom. The molecule has 3 aromatic heterocycles. The van der Waals surface area contributed by atoms with Crippen molar-refractivity contribution in [1.29, 1.82) is 0 Å². The second-order valence-electron chi connectivity index (χ2n) is 5.71. The minimum atomic E-state index is -0.405. The molecule has 0 saturated carbocycles. The van der Waals surface area contributed by atoms with E-state index >= 15 is 0 Å². The van der Waals surface area contributed by atoms with Crippen molar-refractivity contribution in [2.75, 3.05) is 0 Å². The number of nitrogens with zero attached hydrogens (tertiary/aromatic N) is 7. The molecule has 0 fully saturated rings. The van der Waals surface area contributed by atoms with Gasteiger partial charge >= 0.3 is 5.69 Å². The Labute approximate surface area is 141 Å². The molecular weight excluding hydrogens is 322 g/mol. The van der Waals surface area contributed by atoms with Crippen LogP contribution < -0.4 is 11.2 Å². The molecule has 0 radical (unpaired) electrons. The van der Waals surface area contributed by atoms with Gasteiger partial charge in [-0.15, -0.1) is 0 Å². The van der Waals surface area contributed by atoms with E-state index in [2.05, 4.69) is 15.2 Å². The molecule has 0 unspecified atom stereocenters. The Bertz CT molecular complexity index is 1180. The quantitative estimate of drug-likeness (QED) is 0.527. The van der Waals surface area contributed by atoms with Gasteiger partial charge in [-0.05, 0) is 12.1 Å². The van der Waals surface area contributed by atoms with Crippen LogP contribution in [0, 0.1) is 0 Å². The summed E-state index contributed by atoms with van der Waals surface area (Å²) >= 11 is 0. The standard InChI is InChI=1S/C16H15N7O2/c1-20-14-13(15(24)21(2)16(20)25)22(10-17-14)9-11-8-18-23(19-11)12-6-4-3-5-7-12/h3-8,10H,9H2,1-2H3. The van der Waals surface area contributed by atoms with Crippen LogP contribution in [-0.4, -0.2) is 33.7 Å². The number of aromatic nitrogens is 7. The third-order valence-electron chi connectivity index (χ3n) is 4.08. The number of benzene rings is 1. The molecule has 0 amide bonds. The Hall–Kier alpha value is -3.49. The first kappa shape index (κ1) is 15.1. The maximum absolute atomic E-state index is 12.4. The van der Waals surface area contributed by atoms with Gasteiger partial charge in [-0.25, -0.2) is 9.78 Å². The molecule has 0 saturated heterocycles. The lowest BCUT2D eigenvalue weighted by molar-refractivity contribution is 0.696. The van der Waals surface area contributed by atoms with Gasteiger partial charge in [0, 0.05) is 14.1 Å². The maximum atomic E-state index is 12.4. The summed E-state index contributed by atoms with van der Waals surface area (Å²) in [6, 6.07) is 9.55. The van der Waals surface area contributed by atoms with Gasteiger partial charge in [0.15, 0.2) is 11.2 Å². The van der Waals surface area contributed by atoms with Crippen molar-refractivity contribution in [2.24, 2.45) is 14.1 Å². The zero-order chi connectivity index (χ0) is 17.6. The van der Waals surface area contributed by atoms with Crippen LogP contribution in [0.5, 0.6) is 0 Å². The molecule has 9 heteroatoms. The first-order valence-electron chi connectivity index (χ1n) is 7.64. The predicted molar refractivity (Wildman–Crippen MR) is 90.7 cm³/mol. The molecule has 0 atom stereocenters. The van der Waals surface area contributed by atoms with Crippen LogP contribution in [0.25, 0.3) is 16.9 Å². The first-order valence-corrected chi connectivity index (χ1v) is 7.64. The lowest BCUT2D eigenvalue weighted by Gasteiger charge is -2.05. The van der Waals surface area contributed by atoms with Gasteiger partial charge in [0.05, 0.1) is 24.8 Å². The molecule has 1 aromatic carbocycles. The van der Waals surface area contributed by atoms with Crippen LogP contribution in [0.15, 0.2) is 52.4 Å². The average Bonchev–Trinajstić information content (AvgIpc) is 3.27. The zero-order valence-corrected chi connectivity index (χ0v) is 13.7. The van der Waals surface area contributed by atoms with Gasteiger partial charge in [0.25, 0.3) is 5.56 Å². The summed E-state index contributed by atoms with van der Waals surface area (Å²) < 4.78 is 4.10. The monoisotopic (exact) mass is 337 g/mol. The molecule has 9 nitrogen and oxygen atoms in total. The van der Waals surface area contributed by atoms with E-state index in [0.29, 0.717) is 23.4 Å². The molecule has 0 spiro atoms. The highest BCUT2D eigenvalue weighted by atomic mass is 16.2. The van der Waals surface area contributed by atoms with Crippen LogP contribution in [-0.2, 0) is 20.6 Å². The molecule has 0 aliphatic heterocycles. The van der Waals surface area contributed by atoms with Gasteiger partial charge in [-0.2, -0.15) is 15.0 Å². The second kappa shape index (κ2) is 5.55. The van der Waals surface area contributed by atoms with Crippen molar-refractivity contribution >= 4 is 11.2 Å². The van der Waals surface area contributed by atoms with E-state index in [4.69, 9.17) is 0 Å². The van der Waals surface area contributed by atoms with E-state index in [1.54, 1.807) is 17.8 Å². The fourth-order valence-corrected chi connectivity index (χ4v) is 2.74. The molecule has 25 heavy (non-hydrogen) atoms. The minimum Gasteiger partial charge on any atom is -0.318 e. The number of fused-ring (bicyclic) bond motifs is 1. The molecule has 0 aliphatic carbocycles. The van der Waals surface area contributed by atoms with Crippen molar-refractivity contribution in [2.45, 2.75) is 6.54 Å². The molecular formula is C16H15N7O2. The fourth-order valence-electron chi connectivity index (χ4n) is 2.74. The lowest BCUT2D eigenvalue weighted by Crippen LogP contribution is -2.37. The summed E-state index contributed by atoms with van der Waals surface area (Å²) in [5.41, 5.74) is 1.45. The normalized spacial score (nSPS) is 11.3. The third kappa shape index (κ3) is 2.36. The maximum Gasteiger partial charge on any atom is 0.332 e. The van der Waals surface area contributed by atoms with E-state index in [-0.39, 0.29) is 5.56 Å². The van der Waals surface area contributed by atoms with Gasteiger partial charge < -0.3 is 4.57 Å². The number of rotatable bonds is 3. The molecule has 0 N–H and O–H groups in total. The zero-order valence-electron chi connectivity index (χ0n) is 13.7. The number of aryl methyl sites for hydroxylation is 1. The molecule has 3 heterocycles. The number of hydrogen-bond donors (Lipinski definition) is 0. The van der Waals surface area contributed by atoms with E-state index in [0.717, 1.165) is 10.3 Å². The Morgan fingerprint density at radius 2 is 1.80 bits per heavy atom. The number of para-hydroxylation sites is 1. The molecule has 0 aliphatic rings. The Balaban J connectivity index is 1.77. The summed E-state index contributed by atoms with van der Waals surface area (Å²) in [5, 5.41) is 8.69. The first-order chi connectivity index (χ1) is 12.1. The summed E-state index contributed by atoms with van der Waals surface area (Å²) in [4.78, 5) is 30.2. The van der Waals surface area contributed by atoms with Crippen LogP contribution in [0.3, 0.4) is 0 Å². The van der Waals surface area contributed by atoms with Crippen LogP contribution in [0.2, 0.25) is 0 Å². The van der Waals surface area contributed by atoms with Crippen molar-refractivity contribution in [3.05, 3.63) is 69.4 Å². The minimum absolute atomic E-state index is 0.330. The van der Waals surface area contributed by atoms with Gasteiger partial charge in [-0.1, -0.05) is 18.2 Å². The molecule has 126 valence electrons. The van der Waals surface area contributed by atoms with Gasteiger partial charge in [0.1, 0.15) is 5.69 Å². The van der Waals surface area contributed by atoms with Crippen molar-refractivity contribution in [3.8, 4) is 5.69 Å². The Morgan fingerprint density at radius 1 is 1.04 bits per heavy atom. The van der Waals surface area contributed by atoms with Crippen LogP contribution in [0.1, 0.15) is 5.69 Å². The summed E-state index contributed by atoms with van der Waals surface area (Å²) in [7, 11) is 3.04. The smallest absolute Gasteiger partial charge is 0.318 e. The summed E-state index contributed by atoms with van der Waals surface area (Å²) in [6.45, 7) is 0.330. The number of hydrogen-bond acceptors (Lipinski definition) is 5. The van der Waals surface area contributed by atoms with Gasteiger partial charge in [-0.3, -0.25) is 13.9 Å². The second-order valence-corrected chi connectivity index (χ2v) is 5.71. The Kier molecular flexibility index (Phi) is 3.34. The highest BCUT2D eigenvalue weighted by molar-refractivity contribution is 5.70.